The summed E-state index contributed by atoms with van der Waals surface area (Å²) in [6.07, 6.45) is 5.21. The first kappa shape index (κ1) is 30.7. The highest BCUT2D eigenvalue weighted by Crippen LogP contribution is 2.50. The molecule has 0 saturated heterocycles. The van der Waals surface area contributed by atoms with E-state index >= 15 is 0 Å². The van der Waals surface area contributed by atoms with Crippen LogP contribution in [-0.4, -0.2) is 31.5 Å². The van der Waals surface area contributed by atoms with Crippen LogP contribution in [0.1, 0.15) is 42.0 Å². The van der Waals surface area contributed by atoms with E-state index in [0.29, 0.717) is 5.71 Å². The van der Waals surface area contributed by atoms with E-state index < -0.39 is 33.1 Å². The predicted molar refractivity (Wildman–Crippen MR) is 174 cm³/mol. The molecule has 4 aromatic rings. The molecule has 3 atom stereocenters. The van der Waals surface area contributed by atoms with Crippen LogP contribution in [0.4, 0.5) is 21.5 Å². The highest BCUT2D eigenvalue weighted by atomic mass is 32.2. The van der Waals surface area contributed by atoms with Crippen molar-refractivity contribution in [1.82, 2.24) is 5.43 Å². The third-order valence-corrected chi connectivity index (χ3v) is 10.1. The van der Waals surface area contributed by atoms with Crippen molar-refractivity contribution in [3.8, 4) is 0 Å². The van der Waals surface area contributed by atoms with E-state index in [1.807, 2.05) is 30.3 Å². The van der Waals surface area contributed by atoms with Crippen LogP contribution in [0.3, 0.4) is 0 Å². The Morgan fingerprint density at radius 1 is 1.04 bits per heavy atom. The van der Waals surface area contributed by atoms with Gasteiger partial charge in [-0.05, 0) is 78.4 Å². The Hall–Kier alpha value is -5.36. The number of carbonyl (C=O) groups is 1. The zero-order chi connectivity index (χ0) is 32.4. The molecule has 6 rings (SSSR count). The zero-order valence-corrected chi connectivity index (χ0v) is 25.5. The van der Waals surface area contributed by atoms with E-state index in [9.17, 15) is 27.7 Å². The van der Waals surface area contributed by atoms with E-state index in [-0.39, 0.29) is 34.3 Å². The molecule has 46 heavy (non-hydrogen) atoms. The average Bonchev–Trinajstić information content (AvgIpc) is 3.57. The third-order valence-electron chi connectivity index (χ3n) is 8.32. The highest BCUT2D eigenvalue weighted by Gasteiger charge is 2.38. The van der Waals surface area contributed by atoms with E-state index in [4.69, 9.17) is 0 Å². The Morgan fingerprint density at radius 2 is 1.76 bits per heavy atom. The molecule has 0 unspecified atom stereocenters. The van der Waals surface area contributed by atoms with Crippen molar-refractivity contribution in [3.63, 3.8) is 0 Å². The van der Waals surface area contributed by atoms with Crippen molar-refractivity contribution < 1.29 is 22.5 Å². The number of sulfonamides is 1. The van der Waals surface area contributed by atoms with Crippen LogP contribution in [0.2, 0.25) is 0 Å². The molecule has 1 amide bonds. The molecule has 2 aliphatic rings. The Bertz CT molecular complexity index is 1970. The van der Waals surface area contributed by atoms with Gasteiger partial charge < -0.3 is 5.32 Å². The Morgan fingerprint density at radius 3 is 2.50 bits per heavy atom. The molecular formula is C34H30FN5O5S. The topological polar surface area (TPSA) is 134 Å². The minimum Gasteiger partial charge on any atom is -0.378 e. The number of nitrogens with zero attached hydrogens (tertiary/aromatic N) is 3. The smallest absolute Gasteiger partial charge is 0.293 e. The third kappa shape index (κ3) is 5.98. The van der Waals surface area contributed by atoms with E-state index in [2.05, 4.69) is 28.0 Å². The minimum absolute atomic E-state index is 0.0172. The van der Waals surface area contributed by atoms with Crippen LogP contribution in [0.25, 0.3) is 0 Å². The number of hydrogen-bond donors (Lipinski definition) is 2. The molecule has 0 fully saturated rings. The Kier molecular flexibility index (Phi) is 8.37. The number of allylic oxidation sites excluding steroid dienone is 2. The SMILES string of the molecule is C/C(=N/NC(=O)CN(c1ccccc1[N+](=O)[O-])S(=O)(=O)c1ccccc1)c1ccc2c(c1)[C@H]1C=CC[C@@H]1[C@H](c1ccc(F)cc1)N2. The molecule has 1 heterocycles. The number of rotatable bonds is 9. The Balaban J connectivity index is 1.24. The van der Waals surface area contributed by atoms with Crippen LogP contribution >= 0.6 is 0 Å². The fraction of sp³-hybridized carbons (Fsp3) is 0.176. The summed E-state index contributed by atoms with van der Waals surface area (Å²) < 4.78 is 41.5. The lowest BCUT2D eigenvalue weighted by atomic mass is 9.76. The number of fused-ring (bicyclic) bond motifs is 3. The van der Waals surface area contributed by atoms with Crippen LogP contribution < -0.4 is 15.0 Å². The van der Waals surface area contributed by atoms with Gasteiger partial charge in [0.1, 0.15) is 18.0 Å². The number of nitro groups is 1. The van der Waals surface area contributed by atoms with Gasteiger partial charge in [-0.3, -0.25) is 14.9 Å². The van der Waals surface area contributed by atoms with Gasteiger partial charge in [0.05, 0.1) is 21.6 Å². The fourth-order valence-electron chi connectivity index (χ4n) is 6.04. The van der Waals surface area contributed by atoms with E-state index in [1.165, 1.54) is 60.7 Å². The largest absolute Gasteiger partial charge is 0.378 e. The predicted octanol–water partition coefficient (Wildman–Crippen LogP) is 6.30. The van der Waals surface area contributed by atoms with Crippen molar-refractivity contribution in [2.24, 2.45) is 11.0 Å². The number of amides is 1. The summed E-state index contributed by atoms with van der Waals surface area (Å²) in [6, 6.07) is 25.2. The number of para-hydroxylation sites is 2. The molecule has 0 radical (unpaired) electrons. The molecule has 0 aromatic heterocycles. The van der Waals surface area contributed by atoms with Gasteiger partial charge in [0, 0.05) is 17.7 Å². The van der Waals surface area contributed by atoms with Crippen molar-refractivity contribution in [1.29, 1.82) is 0 Å². The van der Waals surface area contributed by atoms with Gasteiger partial charge in [0.2, 0.25) is 0 Å². The number of benzene rings is 4. The summed E-state index contributed by atoms with van der Waals surface area (Å²) in [5.74, 6) is -0.686. The first-order chi connectivity index (χ1) is 22.1. The second-order valence-electron chi connectivity index (χ2n) is 11.1. The normalized spacial score (nSPS) is 18.7. The van der Waals surface area contributed by atoms with Gasteiger partial charge in [0.25, 0.3) is 21.6 Å². The summed E-state index contributed by atoms with van der Waals surface area (Å²) >= 11 is 0. The molecule has 1 aliphatic heterocycles. The second-order valence-corrected chi connectivity index (χ2v) is 13.0. The van der Waals surface area contributed by atoms with Gasteiger partial charge in [-0.15, -0.1) is 0 Å². The lowest BCUT2D eigenvalue weighted by Gasteiger charge is -2.37. The molecule has 12 heteroatoms. The number of halogens is 1. The molecule has 1 aliphatic carbocycles. The quantitative estimate of drug-likeness (QED) is 0.0956. The van der Waals surface area contributed by atoms with Crippen molar-refractivity contribution in [3.05, 3.63) is 142 Å². The molecule has 10 nitrogen and oxygen atoms in total. The molecule has 2 N–H and O–H groups in total. The maximum absolute atomic E-state index is 13.6. The van der Waals surface area contributed by atoms with Gasteiger partial charge in [-0.1, -0.05) is 60.7 Å². The molecule has 4 aromatic carbocycles. The Labute approximate surface area is 265 Å². The van der Waals surface area contributed by atoms with E-state index in [0.717, 1.165) is 33.1 Å². The summed E-state index contributed by atoms with van der Waals surface area (Å²) in [7, 11) is -4.35. The number of hydrogen-bond acceptors (Lipinski definition) is 7. The van der Waals surface area contributed by atoms with Crippen molar-refractivity contribution >= 4 is 38.7 Å². The number of carbonyl (C=O) groups excluding carboxylic acids is 1. The van der Waals surface area contributed by atoms with Gasteiger partial charge >= 0.3 is 0 Å². The molecule has 0 bridgehead atoms. The standard InChI is InChI=1S/C34H30FN5O5S/c1-22(24-16-19-30-29(20-24)27-10-7-11-28(27)34(36-30)23-14-17-25(35)18-15-23)37-38-33(41)21-39(31-12-5-6-13-32(31)40(42)43)46(44,45)26-8-3-2-4-9-26/h2-10,12-20,27-28,34,36H,11,21H2,1H3,(H,38,41)/b37-22-/t27-,28-,34-/m0/s1. The van der Waals surface area contributed by atoms with Gasteiger partial charge in [-0.2, -0.15) is 5.10 Å². The lowest BCUT2D eigenvalue weighted by molar-refractivity contribution is -0.384. The maximum atomic E-state index is 13.6. The summed E-state index contributed by atoms with van der Waals surface area (Å²) in [5, 5.41) is 19.6. The molecule has 234 valence electrons. The van der Waals surface area contributed by atoms with Crippen LogP contribution in [-0.2, 0) is 14.8 Å². The maximum Gasteiger partial charge on any atom is 0.293 e. The zero-order valence-electron chi connectivity index (χ0n) is 24.7. The lowest BCUT2D eigenvalue weighted by Crippen LogP contribution is -2.40. The average molecular weight is 640 g/mol. The van der Waals surface area contributed by atoms with Gasteiger partial charge in [-0.25, -0.2) is 22.5 Å². The van der Waals surface area contributed by atoms with Crippen molar-refractivity contribution in [2.75, 3.05) is 16.2 Å². The molecule has 0 saturated carbocycles. The summed E-state index contributed by atoms with van der Waals surface area (Å²) in [6.45, 7) is 0.981. The number of anilines is 2. The first-order valence-corrected chi connectivity index (χ1v) is 16.0. The van der Waals surface area contributed by atoms with Crippen molar-refractivity contribution in [2.45, 2.75) is 30.2 Å². The van der Waals surface area contributed by atoms with Crippen LogP contribution in [0, 0.1) is 21.8 Å². The van der Waals surface area contributed by atoms with E-state index in [1.54, 1.807) is 13.0 Å². The van der Waals surface area contributed by atoms with Crippen LogP contribution in [0.15, 0.2) is 119 Å². The minimum atomic E-state index is -4.35. The number of hydrazone groups is 1. The summed E-state index contributed by atoms with van der Waals surface area (Å²) in [4.78, 5) is 24.1. The fourth-order valence-corrected chi connectivity index (χ4v) is 7.50. The summed E-state index contributed by atoms with van der Waals surface area (Å²) in [5.41, 5.74) is 6.01. The highest BCUT2D eigenvalue weighted by molar-refractivity contribution is 7.92. The monoisotopic (exact) mass is 639 g/mol. The number of nitro benzene ring substituents is 1. The first-order valence-electron chi connectivity index (χ1n) is 14.6. The van der Waals surface area contributed by atoms with Gasteiger partial charge in [0.15, 0.2) is 0 Å². The number of nitrogens with one attached hydrogen (secondary N) is 2. The van der Waals surface area contributed by atoms with Crippen LogP contribution in [0.5, 0.6) is 0 Å². The second kappa shape index (κ2) is 12.6. The molecule has 0 spiro atoms. The molecular weight excluding hydrogens is 609 g/mol.